The fourth-order valence-corrected chi connectivity index (χ4v) is 4.16. The second-order valence-corrected chi connectivity index (χ2v) is 7.35. The Kier molecular flexibility index (Phi) is 4.57. The van der Waals surface area contributed by atoms with Crippen molar-refractivity contribution < 1.29 is 12.9 Å². The minimum atomic E-state index is -2.90. The lowest BCUT2D eigenvalue weighted by molar-refractivity contribution is 0.350. The van der Waals surface area contributed by atoms with Crippen LogP contribution >= 0.6 is 0 Å². The maximum atomic E-state index is 11.4. The minimum absolute atomic E-state index is 0.0956. The number of sulfone groups is 1. The summed E-state index contributed by atoms with van der Waals surface area (Å²) in [4.78, 5) is 4.35. The number of aromatic nitrogens is 2. The number of likely N-dealkylation sites (N-methyl/N-ethyl adjacent to an activating group) is 1. The Morgan fingerprint density at radius 3 is 2.89 bits per heavy atom. The van der Waals surface area contributed by atoms with Crippen LogP contribution in [0.5, 0.6) is 0 Å². The molecule has 0 aromatic carbocycles. The second kappa shape index (κ2) is 6.00. The van der Waals surface area contributed by atoms with E-state index >= 15 is 0 Å². The molecular formula is C12H21N3O3S. The molecule has 1 saturated heterocycles. The lowest BCUT2D eigenvalue weighted by Gasteiger charge is -2.11. The molecule has 0 amide bonds. The van der Waals surface area contributed by atoms with Gasteiger partial charge in [0.05, 0.1) is 11.5 Å². The summed E-state index contributed by atoms with van der Waals surface area (Å²) in [5, 5.41) is 7.15. The van der Waals surface area contributed by atoms with Crippen molar-refractivity contribution in [3.8, 4) is 0 Å². The summed E-state index contributed by atoms with van der Waals surface area (Å²) in [6.45, 7) is 2.13. The quantitative estimate of drug-likeness (QED) is 0.837. The molecule has 7 heteroatoms. The van der Waals surface area contributed by atoms with Crippen molar-refractivity contribution in [2.75, 3.05) is 18.6 Å². The van der Waals surface area contributed by atoms with Crippen molar-refractivity contribution in [3.63, 3.8) is 0 Å². The maximum Gasteiger partial charge on any atom is 0.228 e. The van der Waals surface area contributed by atoms with E-state index in [-0.39, 0.29) is 17.4 Å². The molecule has 0 radical (unpaired) electrons. The van der Waals surface area contributed by atoms with E-state index < -0.39 is 9.84 Å². The molecule has 1 aromatic rings. The molecule has 0 saturated carbocycles. The predicted octanol–water partition coefficient (Wildman–Crippen LogP) is 0.902. The molecule has 0 spiro atoms. The van der Waals surface area contributed by atoms with Crippen LogP contribution in [0.15, 0.2) is 4.52 Å². The molecule has 1 aliphatic heterocycles. The van der Waals surface area contributed by atoms with Crippen LogP contribution in [0, 0.1) is 0 Å². The highest BCUT2D eigenvalue weighted by molar-refractivity contribution is 7.91. The third-order valence-electron chi connectivity index (χ3n) is 3.55. The third kappa shape index (κ3) is 3.76. The van der Waals surface area contributed by atoms with Crippen LogP contribution in [-0.2, 0) is 16.3 Å². The number of nitrogens with one attached hydrogen (secondary N) is 1. The monoisotopic (exact) mass is 287 g/mol. The summed E-state index contributed by atoms with van der Waals surface area (Å²) in [5.74, 6) is 1.42. The van der Waals surface area contributed by atoms with Crippen LogP contribution in [0.1, 0.15) is 43.8 Å². The summed E-state index contributed by atoms with van der Waals surface area (Å²) < 4.78 is 28.1. The van der Waals surface area contributed by atoms with Gasteiger partial charge in [0, 0.05) is 18.4 Å². The van der Waals surface area contributed by atoms with E-state index in [1.54, 1.807) is 0 Å². The highest BCUT2D eigenvalue weighted by Crippen LogP contribution is 2.26. The van der Waals surface area contributed by atoms with E-state index in [4.69, 9.17) is 4.52 Å². The normalized spacial score (nSPS) is 23.6. The lowest BCUT2D eigenvalue weighted by Crippen LogP contribution is -2.27. The number of nitrogens with zero attached hydrogens (tertiary/aromatic N) is 2. The van der Waals surface area contributed by atoms with Crippen LogP contribution in [-0.4, -0.2) is 43.2 Å². The maximum absolute atomic E-state index is 11.4. The predicted molar refractivity (Wildman–Crippen MR) is 71.8 cm³/mol. The van der Waals surface area contributed by atoms with Crippen LogP contribution in [0.2, 0.25) is 0 Å². The molecule has 1 aromatic heterocycles. The Bertz CT molecular complexity index is 512. The Balaban J connectivity index is 1.99. The van der Waals surface area contributed by atoms with Gasteiger partial charge in [-0.25, -0.2) is 8.42 Å². The summed E-state index contributed by atoms with van der Waals surface area (Å²) in [6, 6.07) is 0.325. The molecule has 1 aliphatic rings. The number of rotatable bonds is 6. The van der Waals surface area contributed by atoms with Gasteiger partial charge in [-0.15, -0.1) is 0 Å². The van der Waals surface area contributed by atoms with Crippen molar-refractivity contribution in [2.45, 2.75) is 44.6 Å². The first-order valence-corrected chi connectivity index (χ1v) is 8.56. The van der Waals surface area contributed by atoms with E-state index in [1.165, 1.54) is 0 Å². The molecular weight excluding hydrogens is 266 g/mol. The molecule has 1 N–H and O–H groups in total. The molecule has 19 heavy (non-hydrogen) atoms. The van der Waals surface area contributed by atoms with E-state index in [2.05, 4.69) is 22.4 Å². The Hall–Kier alpha value is -0.950. The second-order valence-electron chi connectivity index (χ2n) is 5.12. The fraction of sp³-hybridized carbons (Fsp3) is 0.833. The average molecular weight is 287 g/mol. The van der Waals surface area contributed by atoms with Crippen molar-refractivity contribution in [2.24, 2.45) is 0 Å². The molecule has 2 rings (SSSR count). The van der Waals surface area contributed by atoms with Gasteiger partial charge in [-0.3, -0.25) is 0 Å². The first-order chi connectivity index (χ1) is 9.04. The van der Waals surface area contributed by atoms with Crippen molar-refractivity contribution in [1.82, 2.24) is 15.5 Å². The standard InChI is InChI=1S/C12H21N3O3S/c1-3-4-10(13-2)7-11-14-12(15-18-11)9-5-6-19(16,17)8-9/h9-10,13H,3-8H2,1-2H3. The zero-order chi connectivity index (χ0) is 13.9. The molecule has 2 atom stereocenters. The summed E-state index contributed by atoms with van der Waals surface area (Å²) in [5.41, 5.74) is 0. The average Bonchev–Trinajstić information content (AvgIpc) is 2.95. The van der Waals surface area contributed by atoms with E-state index in [9.17, 15) is 8.42 Å². The third-order valence-corrected chi connectivity index (χ3v) is 5.32. The van der Waals surface area contributed by atoms with Gasteiger partial charge in [0.1, 0.15) is 0 Å². The van der Waals surface area contributed by atoms with Crippen LogP contribution < -0.4 is 5.32 Å². The molecule has 6 nitrogen and oxygen atoms in total. The van der Waals surface area contributed by atoms with Crippen molar-refractivity contribution in [1.29, 1.82) is 0 Å². The summed E-state index contributed by atoms with van der Waals surface area (Å²) in [7, 11) is -0.987. The van der Waals surface area contributed by atoms with Crippen LogP contribution in [0.25, 0.3) is 0 Å². The van der Waals surface area contributed by atoms with Crippen molar-refractivity contribution in [3.05, 3.63) is 11.7 Å². The Morgan fingerprint density at radius 2 is 2.32 bits per heavy atom. The van der Waals surface area contributed by atoms with Gasteiger partial charge < -0.3 is 9.84 Å². The zero-order valence-corrected chi connectivity index (χ0v) is 12.2. The highest BCUT2D eigenvalue weighted by Gasteiger charge is 2.32. The summed E-state index contributed by atoms with van der Waals surface area (Å²) >= 11 is 0. The molecule has 1 fully saturated rings. The van der Waals surface area contributed by atoms with E-state index in [0.29, 0.717) is 30.6 Å². The minimum Gasteiger partial charge on any atom is -0.339 e. The van der Waals surface area contributed by atoms with Gasteiger partial charge in [-0.05, 0) is 19.9 Å². The SMILES string of the molecule is CCCC(Cc1nc(C2CCS(=O)(=O)C2)no1)NC. The van der Waals surface area contributed by atoms with Crippen molar-refractivity contribution >= 4 is 9.84 Å². The Morgan fingerprint density at radius 1 is 1.53 bits per heavy atom. The molecule has 2 unspecified atom stereocenters. The number of hydrogen-bond acceptors (Lipinski definition) is 6. The lowest BCUT2D eigenvalue weighted by atomic mass is 10.1. The van der Waals surface area contributed by atoms with Crippen LogP contribution in [0.3, 0.4) is 0 Å². The van der Waals surface area contributed by atoms with Gasteiger partial charge >= 0.3 is 0 Å². The largest absolute Gasteiger partial charge is 0.339 e. The highest BCUT2D eigenvalue weighted by atomic mass is 32.2. The smallest absolute Gasteiger partial charge is 0.228 e. The van der Waals surface area contributed by atoms with Gasteiger partial charge in [0.25, 0.3) is 0 Å². The van der Waals surface area contributed by atoms with Gasteiger partial charge in [0.2, 0.25) is 5.89 Å². The van der Waals surface area contributed by atoms with Gasteiger partial charge in [-0.2, -0.15) is 4.98 Å². The van der Waals surface area contributed by atoms with Gasteiger partial charge in [0.15, 0.2) is 15.7 Å². The van der Waals surface area contributed by atoms with E-state index in [1.807, 2.05) is 7.05 Å². The molecule has 2 heterocycles. The first-order valence-electron chi connectivity index (χ1n) is 6.74. The number of hydrogen-bond donors (Lipinski definition) is 1. The fourth-order valence-electron chi connectivity index (χ4n) is 2.42. The zero-order valence-electron chi connectivity index (χ0n) is 11.4. The van der Waals surface area contributed by atoms with E-state index in [0.717, 1.165) is 12.8 Å². The van der Waals surface area contributed by atoms with Crippen LogP contribution in [0.4, 0.5) is 0 Å². The first kappa shape index (κ1) is 14.5. The molecule has 0 bridgehead atoms. The molecule has 0 aliphatic carbocycles. The topological polar surface area (TPSA) is 85.1 Å². The van der Waals surface area contributed by atoms with Gasteiger partial charge in [-0.1, -0.05) is 18.5 Å². The Labute approximate surface area is 113 Å². The summed E-state index contributed by atoms with van der Waals surface area (Å²) in [6.07, 6.45) is 3.43. The molecule has 108 valence electrons.